The summed E-state index contributed by atoms with van der Waals surface area (Å²) in [6.07, 6.45) is 2.49. The molecule has 5 nitrogen and oxygen atoms in total. The maximum Gasteiger partial charge on any atom is 0.224 e. The highest BCUT2D eigenvalue weighted by atomic mass is 35.5. The molecule has 3 rings (SSSR count). The molecule has 1 saturated heterocycles. The molecule has 2 aromatic rings. The van der Waals surface area contributed by atoms with E-state index in [1.165, 1.54) is 5.56 Å². The van der Waals surface area contributed by atoms with Crippen LogP contribution in [-0.2, 0) is 27.2 Å². The van der Waals surface area contributed by atoms with E-state index in [1.807, 2.05) is 24.3 Å². The average Bonchev–Trinajstić information content (AvgIpc) is 2.75. The molecular formula is C23H28Cl2N2O3. The van der Waals surface area contributed by atoms with E-state index in [1.54, 1.807) is 19.2 Å². The molecule has 1 aliphatic rings. The Hall–Kier alpha value is -1.63. The zero-order valence-electron chi connectivity index (χ0n) is 17.1. The minimum atomic E-state index is -0.232. The van der Waals surface area contributed by atoms with E-state index in [4.69, 9.17) is 32.7 Å². The van der Waals surface area contributed by atoms with Crippen molar-refractivity contribution in [2.45, 2.75) is 50.7 Å². The highest BCUT2D eigenvalue weighted by molar-refractivity contribution is 6.42. The predicted molar refractivity (Wildman–Crippen MR) is 120 cm³/mol. The second-order valence-electron chi connectivity index (χ2n) is 7.52. The summed E-state index contributed by atoms with van der Waals surface area (Å²) in [6, 6.07) is 15.9. The number of nitrogens with one attached hydrogen (secondary N) is 2. The minimum Gasteiger partial charge on any atom is -0.356 e. The molecule has 1 fully saturated rings. The fourth-order valence-electron chi connectivity index (χ4n) is 3.60. The quantitative estimate of drug-likeness (QED) is 0.595. The van der Waals surface area contributed by atoms with Crippen molar-refractivity contribution in [3.8, 4) is 0 Å². The maximum atomic E-state index is 12.2. The Bertz CT molecular complexity index is 819. The van der Waals surface area contributed by atoms with Gasteiger partial charge in [0.2, 0.25) is 5.91 Å². The summed E-state index contributed by atoms with van der Waals surface area (Å²) >= 11 is 11.9. The molecule has 2 N–H and O–H groups in total. The monoisotopic (exact) mass is 450 g/mol. The zero-order valence-corrected chi connectivity index (χ0v) is 18.6. The number of methoxy groups -OCH3 is 1. The van der Waals surface area contributed by atoms with Crippen molar-refractivity contribution in [2.24, 2.45) is 0 Å². The van der Waals surface area contributed by atoms with Crippen molar-refractivity contribution < 1.29 is 14.3 Å². The number of halogens is 2. The lowest BCUT2D eigenvalue weighted by atomic mass is 9.99. The first-order valence-corrected chi connectivity index (χ1v) is 10.9. The van der Waals surface area contributed by atoms with Gasteiger partial charge < -0.3 is 20.1 Å². The fraction of sp³-hybridized carbons (Fsp3) is 0.435. The number of hydrogen-bond acceptors (Lipinski definition) is 4. The number of benzene rings is 2. The van der Waals surface area contributed by atoms with Gasteiger partial charge in [0.15, 0.2) is 6.29 Å². The number of rotatable bonds is 9. The van der Waals surface area contributed by atoms with Gasteiger partial charge in [0.05, 0.1) is 22.6 Å². The van der Waals surface area contributed by atoms with Gasteiger partial charge in [-0.3, -0.25) is 4.79 Å². The van der Waals surface area contributed by atoms with Crippen LogP contribution in [-0.4, -0.2) is 38.0 Å². The topological polar surface area (TPSA) is 59.6 Å². The zero-order chi connectivity index (χ0) is 21.3. The lowest BCUT2D eigenvalue weighted by Crippen LogP contribution is -2.44. The van der Waals surface area contributed by atoms with Crippen LogP contribution in [0.3, 0.4) is 0 Å². The van der Waals surface area contributed by atoms with Crippen molar-refractivity contribution in [1.29, 1.82) is 0 Å². The number of hydrogen-bond donors (Lipinski definition) is 2. The molecule has 1 heterocycles. The lowest BCUT2D eigenvalue weighted by molar-refractivity contribution is -0.187. The molecule has 0 aromatic heterocycles. The average molecular weight is 451 g/mol. The second kappa shape index (κ2) is 11.7. The first-order valence-electron chi connectivity index (χ1n) is 10.2. The SMILES string of the molecule is CO[C@H]1C[C@@H](NCc2ccccc2)C[C@@H](CCNC(=O)Cc2ccc(Cl)c(Cl)c2)O1. The van der Waals surface area contributed by atoms with Gasteiger partial charge in [-0.25, -0.2) is 0 Å². The van der Waals surface area contributed by atoms with Crippen LogP contribution in [0.1, 0.15) is 30.4 Å². The van der Waals surface area contributed by atoms with Gasteiger partial charge in [-0.15, -0.1) is 0 Å². The lowest BCUT2D eigenvalue weighted by Gasteiger charge is -2.35. The Balaban J connectivity index is 1.42. The standard InChI is InChI=1S/C23H28Cl2N2O3/c1-29-23-14-18(27-15-16-5-3-2-4-6-16)13-19(30-23)9-10-26-22(28)12-17-7-8-20(24)21(25)11-17/h2-8,11,18-19,23,27H,9-10,12-15H2,1H3,(H,26,28)/t18-,19+,23+/m0/s1. The van der Waals surface area contributed by atoms with Crippen molar-refractivity contribution in [3.63, 3.8) is 0 Å². The van der Waals surface area contributed by atoms with Crippen LogP contribution < -0.4 is 10.6 Å². The van der Waals surface area contributed by atoms with E-state index in [0.29, 0.717) is 22.6 Å². The van der Waals surface area contributed by atoms with Gasteiger partial charge in [0.25, 0.3) is 0 Å². The van der Waals surface area contributed by atoms with Crippen LogP contribution in [0.4, 0.5) is 0 Å². The van der Waals surface area contributed by atoms with E-state index in [9.17, 15) is 4.79 Å². The Kier molecular flexibility index (Phi) is 8.97. The Morgan fingerprint density at radius 1 is 1.10 bits per heavy atom. The molecule has 162 valence electrons. The van der Waals surface area contributed by atoms with Crippen molar-refractivity contribution >= 4 is 29.1 Å². The molecule has 0 spiro atoms. The summed E-state index contributed by atoms with van der Waals surface area (Å²) in [6.45, 7) is 1.36. The minimum absolute atomic E-state index is 0.0299. The Labute approximate surface area is 188 Å². The van der Waals surface area contributed by atoms with Crippen molar-refractivity contribution in [2.75, 3.05) is 13.7 Å². The second-order valence-corrected chi connectivity index (χ2v) is 8.34. The van der Waals surface area contributed by atoms with Crippen LogP contribution in [0.5, 0.6) is 0 Å². The first-order chi connectivity index (χ1) is 14.5. The summed E-state index contributed by atoms with van der Waals surface area (Å²) in [4.78, 5) is 12.2. The predicted octanol–water partition coefficient (Wildman–Crippen LogP) is 4.35. The summed E-state index contributed by atoms with van der Waals surface area (Å²) in [5.74, 6) is -0.0498. The Morgan fingerprint density at radius 2 is 1.90 bits per heavy atom. The van der Waals surface area contributed by atoms with Gasteiger partial charge in [0.1, 0.15) is 0 Å². The van der Waals surface area contributed by atoms with E-state index in [0.717, 1.165) is 31.4 Å². The maximum absolute atomic E-state index is 12.2. The van der Waals surface area contributed by atoms with E-state index in [2.05, 4.69) is 22.8 Å². The molecule has 1 aliphatic heterocycles. The van der Waals surface area contributed by atoms with Crippen molar-refractivity contribution in [3.05, 3.63) is 69.7 Å². The molecule has 7 heteroatoms. The highest BCUT2D eigenvalue weighted by Crippen LogP contribution is 2.24. The van der Waals surface area contributed by atoms with Crippen LogP contribution in [0.15, 0.2) is 48.5 Å². The largest absolute Gasteiger partial charge is 0.356 e. The summed E-state index contributed by atoms with van der Waals surface area (Å²) in [7, 11) is 1.67. The van der Waals surface area contributed by atoms with Gasteiger partial charge in [0, 0.05) is 32.7 Å². The Morgan fingerprint density at radius 3 is 2.63 bits per heavy atom. The first kappa shape index (κ1) is 23.0. The van der Waals surface area contributed by atoms with E-state index < -0.39 is 0 Å². The normalized spacial score (nSPS) is 21.4. The van der Waals surface area contributed by atoms with Gasteiger partial charge >= 0.3 is 0 Å². The summed E-state index contributed by atoms with van der Waals surface area (Å²) < 4.78 is 11.5. The molecule has 0 radical (unpaired) electrons. The fourth-order valence-corrected chi connectivity index (χ4v) is 3.92. The van der Waals surface area contributed by atoms with E-state index in [-0.39, 0.29) is 24.7 Å². The molecular weight excluding hydrogens is 423 g/mol. The number of ether oxygens (including phenoxy) is 2. The molecule has 0 bridgehead atoms. The van der Waals surface area contributed by atoms with Crippen LogP contribution in [0, 0.1) is 0 Å². The smallest absolute Gasteiger partial charge is 0.224 e. The third-order valence-corrected chi connectivity index (χ3v) is 5.95. The molecule has 2 aromatic carbocycles. The third kappa shape index (κ3) is 7.25. The van der Waals surface area contributed by atoms with E-state index >= 15 is 0 Å². The number of carbonyl (C=O) groups excluding carboxylic acids is 1. The number of amides is 1. The van der Waals surface area contributed by atoms with Crippen LogP contribution in [0.2, 0.25) is 10.0 Å². The van der Waals surface area contributed by atoms with Crippen molar-refractivity contribution in [1.82, 2.24) is 10.6 Å². The molecule has 0 unspecified atom stereocenters. The molecule has 1 amide bonds. The third-order valence-electron chi connectivity index (χ3n) is 5.21. The molecule has 3 atom stereocenters. The molecule has 30 heavy (non-hydrogen) atoms. The van der Waals surface area contributed by atoms with Crippen LogP contribution >= 0.6 is 23.2 Å². The summed E-state index contributed by atoms with van der Waals surface area (Å²) in [5.41, 5.74) is 2.09. The molecule has 0 saturated carbocycles. The van der Waals surface area contributed by atoms with Gasteiger partial charge in [-0.2, -0.15) is 0 Å². The van der Waals surface area contributed by atoms with Gasteiger partial charge in [-0.1, -0.05) is 59.6 Å². The van der Waals surface area contributed by atoms with Crippen LogP contribution in [0.25, 0.3) is 0 Å². The van der Waals surface area contributed by atoms with Gasteiger partial charge in [-0.05, 0) is 36.1 Å². The highest BCUT2D eigenvalue weighted by Gasteiger charge is 2.29. The number of carbonyl (C=O) groups is 1. The molecule has 0 aliphatic carbocycles. The summed E-state index contributed by atoms with van der Waals surface area (Å²) in [5, 5.41) is 7.51.